The zero-order valence-corrected chi connectivity index (χ0v) is 8.58. The van der Waals surface area contributed by atoms with E-state index in [-0.39, 0.29) is 11.3 Å². The normalized spacial score (nSPS) is 13.6. The monoisotopic (exact) mass is 235 g/mol. The van der Waals surface area contributed by atoms with Crippen LogP contribution < -0.4 is 10.5 Å². The molecule has 0 amide bonds. The Balaban J connectivity index is 2.88. The highest BCUT2D eigenvalue weighted by Gasteiger charge is 2.31. The van der Waals surface area contributed by atoms with Gasteiger partial charge in [-0.2, -0.15) is 13.2 Å². The minimum Gasteiger partial charge on any atom is -0.507 e. The van der Waals surface area contributed by atoms with E-state index in [2.05, 4.69) is 0 Å². The Morgan fingerprint density at radius 3 is 2.50 bits per heavy atom. The summed E-state index contributed by atoms with van der Waals surface area (Å²) in [6.07, 6.45) is -5.53. The highest BCUT2D eigenvalue weighted by molar-refractivity contribution is 5.41. The number of nitrogens with two attached hydrogens (primary N) is 1. The predicted molar refractivity (Wildman–Crippen MR) is 52.3 cm³/mol. The Hall–Kier alpha value is -1.43. The second-order valence-corrected chi connectivity index (χ2v) is 3.35. The number of aromatic hydroxyl groups is 1. The molecule has 0 unspecified atom stereocenters. The molecule has 0 fully saturated rings. The summed E-state index contributed by atoms with van der Waals surface area (Å²) in [6.45, 7) is 0. The molecule has 1 aromatic rings. The van der Waals surface area contributed by atoms with Gasteiger partial charge in [0.05, 0.1) is 13.5 Å². The third-order valence-corrected chi connectivity index (χ3v) is 2.09. The first kappa shape index (κ1) is 12.6. The van der Waals surface area contributed by atoms with Crippen LogP contribution in [-0.2, 0) is 0 Å². The van der Waals surface area contributed by atoms with Crippen molar-refractivity contribution >= 4 is 0 Å². The smallest absolute Gasteiger partial charge is 0.390 e. The van der Waals surface area contributed by atoms with Gasteiger partial charge >= 0.3 is 6.18 Å². The molecular formula is C10H12F3NO2. The lowest BCUT2D eigenvalue weighted by atomic mass is 10.0. The van der Waals surface area contributed by atoms with Crippen molar-refractivity contribution < 1.29 is 23.0 Å². The van der Waals surface area contributed by atoms with E-state index < -0.39 is 18.6 Å². The molecule has 1 rings (SSSR count). The number of halogens is 3. The maximum absolute atomic E-state index is 12.1. The summed E-state index contributed by atoms with van der Waals surface area (Å²) < 4.78 is 41.1. The van der Waals surface area contributed by atoms with E-state index in [0.717, 1.165) is 0 Å². The zero-order chi connectivity index (χ0) is 12.3. The van der Waals surface area contributed by atoms with Crippen LogP contribution in [-0.4, -0.2) is 18.4 Å². The van der Waals surface area contributed by atoms with E-state index in [9.17, 15) is 18.3 Å². The van der Waals surface area contributed by atoms with Gasteiger partial charge in [0.15, 0.2) is 0 Å². The Morgan fingerprint density at radius 1 is 1.44 bits per heavy atom. The average molecular weight is 235 g/mol. The molecule has 0 saturated heterocycles. The maximum atomic E-state index is 12.1. The van der Waals surface area contributed by atoms with Gasteiger partial charge in [-0.25, -0.2) is 0 Å². The molecule has 0 aliphatic heterocycles. The molecule has 1 aromatic carbocycles. The van der Waals surface area contributed by atoms with Crippen LogP contribution in [0.3, 0.4) is 0 Å². The fourth-order valence-electron chi connectivity index (χ4n) is 1.32. The number of benzene rings is 1. The molecule has 0 spiro atoms. The first-order chi connectivity index (χ1) is 7.33. The first-order valence-electron chi connectivity index (χ1n) is 4.52. The lowest BCUT2D eigenvalue weighted by Crippen LogP contribution is -2.20. The van der Waals surface area contributed by atoms with Crippen molar-refractivity contribution in [2.75, 3.05) is 7.11 Å². The number of methoxy groups -OCH3 is 1. The molecule has 0 aromatic heterocycles. The van der Waals surface area contributed by atoms with E-state index in [1.807, 2.05) is 0 Å². The van der Waals surface area contributed by atoms with Gasteiger partial charge in [0.25, 0.3) is 0 Å². The highest BCUT2D eigenvalue weighted by atomic mass is 19.4. The van der Waals surface area contributed by atoms with Crippen LogP contribution in [0, 0.1) is 0 Å². The van der Waals surface area contributed by atoms with Crippen molar-refractivity contribution in [3.05, 3.63) is 23.8 Å². The third kappa shape index (κ3) is 3.30. The minimum absolute atomic E-state index is 0.0538. The molecule has 90 valence electrons. The topological polar surface area (TPSA) is 55.5 Å². The molecule has 16 heavy (non-hydrogen) atoms. The van der Waals surface area contributed by atoms with E-state index in [4.69, 9.17) is 10.5 Å². The van der Waals surface area contributed by atoms with Gasteiger partial charge in [-0.1, -0.05) is 6.07 Å². The van der Waals surface area contributed by atoms with Crippen molar-refractivity contribution in [3.8, 4) is 11.5 Å². The van der Waals surface area contributed by atoms with Gasteiger partial charge in [0.2, 0.25) is 0 Å². The van der Waals surface area contributed by atoms with E-state index >= 15 is 0 Å². The van der Waals surface area contributed by atoms with Crippen molar-refractivity contribution in [3.63, 3.8) is 0 Å². The largest absolute Gasteiger partial charge is 0.507 e. The maximum Gasteiger partial charge on any atom is 0.390 e. The number of alkyl halides is 3. The van der Waals surface area contributed by atoms with Gasteiger partial charge < -0.3 is 15.6 Å². The van der Waals surface area contributed by atoms with Crippen molar-refractivity contribution in [2.45, 2.75) is 18.6 Å². The van der Waals surface area contributed by atoms with Crippen LogP contribution in [0.25, 0.3) is 0 Å². The highest BCUT2D eigenvalue weighted by Crippen LogP contribution is 2.33. The summed E-state index contributed by atoms with van der Waals surface area (Å²) in [5.74, 6) is 0.0663. The van der Waals surface area contributed by atoms with Gasteiger partial charge in [-0.05, 0) is 6.07 Å². The van der Waals surface area contributed by atoms with Gasteiger partial charge in [-0.3, -0.25) is 0 Å². The molecular weight excluding hydrogens is 223 g/mol. The van der Waals surface area contributed by atoms with Gasteiger partial charge in [0, 0.05) is 17.7 Å². The fourth-order valence-corrected chi connectivity index (χ4v) is 1.32. The van der Waals surface area contributed by atoms with E-state index in [0.29, 0.717) is 5.75 Å². The minimum atomic E-state index is -4.36. The summed E-state index contributed by atoms with van der Waals surface area (Å²) in [5, 5.41) is 9.46. The number of phenolic OH excluding ortho intramolecular Hbond substituents is 1. The molecule has 1 atom stereocenters. The molecule has 0 bridgehead atoms. The lowest BCUT2D eigenvalue weighted by molar-refractivity contribution is -0.138. The first-order valence-corrected chi connectivity index (χ1v) is 4.52. The van der Waals surface area contributed by atoms with Crippen LogP contribution in [0.15, 0.2) is 18.2 Å². The van der Waals surface area contributed by atoms with Crippen molar-refractivity contribution in [1.82, 2.24) is 0 Å². The Kier molecular flexibility index (Phi) is 3.64. The van der Waals surface area contributed by atoms with E-state index in [1.165, 1.54) is 25.3 Å². The predicted octanol–water partition coefficient (Wildman–Crippen LogP) is 2.35. The number of hydrogen-bond acceptors (Lipinski definition) is 3. The average Bonchev–Trinajstić information content (AvgIpc) is 2.14. The molecule has 6 heteroatoms. The number of ether oxygens (including phenoxy) is 1. The number of phenols is 1. The van der Waals surface area contributed by atoms with Gasteiger partial charge in [-0.15, -0.1) is 0 Å². The number of hydrogen-bond donors (Lipinski definition) is 2. The summed E-state index contributed by atoms with van der Waals surface area (Å²) >= 11 is 0. The third-order valence-electron chi connectivity index (χ3n) is 2.09. The van der Waals surface area contributed by atoms with Crippen molar-refractivity contribution in [1.29, 1.82) is 0 Å². The van der Waals surface area contributed by atoms with Gasteiger partial charge in [0.1, 0.15) is 11.5 Å². The van der Waals surface area contributed by atoms with Crippen LogP contribution >= 0.6 is 0 Å². The fraction of sp³-hybridized carbons (Fsp3) is 0.400. The quantitative estimate of drug-likeness (QED) is 0.845. The Morgan fingerprint density at radius 2 is 2.06 bits per heavy atom. The Bertz CT molecular complexity index is 366. The molecule has 0 aliphatic carbocycles. The number of rotatable bonds is 3. The van der Waals surface area contributed by atoms with Crippen LogP contribution in [0.2, 0.25) is 0 Å². The lowest BCUT2D eigenvalue weighted by Gasteiger charge is -2.16. The molecule has 0 heterocycles. The van der Waals surface area contributed by atoms with E-state index in [1.54, 1.807) is 0 Å². The van der Waals surface area contributed by atoms with Crippen molar-refractivity contribution in [2.24, 2.45) is 5.73 Å². The molecule has 3 N–H and O–H groups in total. The summed E-state index contributed by atoms with van der Waals surface area (Å²) in [7, 11) is 1.39. The zero-order valence-electron chi connectivity index (χ0n) is 8.58. The molecule has 3 nitrogen and oxygen atoms in total. The summed E-state index contributed by atoms with van der Waals surface area (Å²) in [6, 6.07) is 2.73. The summed E-state index contributed by atoms with van der Waals surface area (Å²) in [5.41, 5.74) is 5.41. The second-order valence-electron chi connectivity index (χ2n) is 3.35. The molecule has 0 aliphatic rings. The van der Waals surface area contributed by atoms with Crippen LogP contribution in [0.5, 0.6) is 11.5 Å². The van der Waals surface area contributed by atoms with Crippen LogP contribution in [0.1, 0.15) is 18.0 Å². The SMILES string of the molecule is COc1ccc([C@H](N)CC(F)(F)F)c(O)c1. The van der Waals surface area contributed by atoms with Crippen LogP contribution in [0.4, 0.5) is 13.2 Å². The Labute approximate surface area is 90.6 Å². The molecule has 0 radical (unpaired) electrons. The standard InChI is InChI=1S/C10H12F3NO2/c1-16-6-2-3-7(9(15)4-6)8(14)5-10(11,12)13/h2-4,8,15H,5,14H2,1H3/t8-/m1/s1. The molecule has 0 saturated carbocycles. The second kappa shape index (κ2) is 4.61. The summed E-state index contributed by atoms with van der Waals surface area (Å²) in [4.78, 5) is 0.